The van der Waals surface area contributed by atoms with Gasteiger partial charge in [0.05, 0.1) is 17.6 Å². The first-order valence-corrected chi connectivity index (χ1v) is 4.91. The molecule has 2 aliphatic rings. The molecule has 0 radical (unpaired) electrons. The molecule has 2 rings (SSSR count). The van der Waals surface area contributed by atoms with E-state index in [4.69, 9.17) is 9.47 Å². The molecule has 0 aromatic carbocycles. The van der Waals surface area contributed by atoms with Crippen LogP contribution in [0.2, 0.25) is 0 Å². The van der Waals surface area contributed by atoms with Crippen molar-refractivity contribution in [2.24, 2.45) is 5.41 Å². The zero-order valence-electron chi connectivity index (χ0n) is 7.99. The molecule has 2 saturated heterocycles. The van der Waals surface area contributed by atoms with E-state index in [2.05, 4.69) is 0 Å². The number of carbonyl (C=O) groups is 1. The summed E-state index contributed by atoms with van der Waals surface area (Å²) in [7, 11) is 1.67. The van der Waals surface area contributed by atoms with Gasteiger partial charge in [0.15, 0.2) is 0 Å². The van der Waals surface area contributed by atoms with Crippen LogP contribution >= 0.6 is 0 Å². The topological polar surface area (TPSA) is 35.5 Å². The molecule has 13 heavy (non-hydrogen) atoms. The number of hydrogen-bond acceptors (Lipinski definition) is 3. The van der Waals surface area contributed by atoms with Gasteiger partial charge in [-0.1, -0.05) is 0 Å². The maximum absolute atomic E-state index is 11.1. The molecule has 74 valence electrons. The second-order valence-corrected chi connectivity index (χ2v) is 4.12. The second-order valence-electron chi connectivity index (χ2n) is 4.12. The highest BCUT2D eigenvalue weighted by Crippen LogP contribution is 2.48. The average Bonchev–Trinajstić information content (AvgIpc) is 2.74. The third kappa shape index (κ3) is 1.40. The van der Waals surface area contributed by atoms with E-state index in [0.29, 0.717) is 12.7 Å². The lowest BCUT2D eigenvalue weighted by Crippen LogP contribution is -2.35. The summed E-state index contributed by atoms with van der Waals surface area (Å²) in [5, 5.41) is 0. The first kappa shape index (κ1) is 9.16. The van der Waals surface area contributed by atoms with E-state index in [1.165, 1.54) is 0 Å². The Morgan fingerprint density at radius 1 is 1.62 bits per heavy atom. The molecule has 0 aromatic rings. The number of rotatable bonds is 4. The predicted octanol–water partition coefficient (Wildman–Crippen LogP) is 1.16. The number of ether oxygens (including phenoxy) is 2. The molecule has 0 aromatic heterocycles. The number of methoxy groups -OCH3 is 1. The third-order valence-electron chi connectivity index (χ3n) is 3.36. The highest BCUT2D eigenvalue weighted by Gasteiger charge is 2.51. The minimum Gasteiger partial charge on any atom is -0.385 e. The summed E-state index contributed by atoms with van der Waals surface area (Å²) >= 11 is 0. The molecule has 3 atom stereocenters. The molecule has 2 fully saturated rings. The SMILES string of the molecule is COCCC1(C=O)CC2CCC1O2. The first-order chi connectivity index (χ1) is 6.30. The molecule has 3 heteroatoms. The van der Waals surface area contributed by atoms with Crippen LogP contribution < -0.4 is 0 Å². The van der Waals surface area contributed by atoms with Crippen molar-refractivity contribution < 1.29 is 14.3 Å². The van der Waals surface area contributed by atoms with Crippen molar-refractivity contribution in [1.82, 2.24) is 0 Å². The van der Waals surface area contributed by atoms with Crippen LogP contribution in [0, 0.1) is 5.41 Å². The highest BCUT2D eigenvalue weighted by molar-refractivity contribution is 5.61. The van der Waals surface area contributed by atoms with Gasteiger partial charge >= 0.3 is 0 Å². The van der Waals surface area contributed by atoms with E-state index in [1.54, 1.807) is 7.11 Å². The van der Waals surface area contributed by atoms with Crippen LogP contribution in [-0.4, -0.2) is 32.2 Å². The lowest BCUT2D eigenvalue weighted by atomic mass is 9.73. The maximum atomic E-state index is 11.1. The van der Waals surface area contributed by atoms with E-state index in [-0.39, 0.29) is 11.5 Å². The van der Waals surface area contributed by atoms with Crippen molar-refractivity contribution in [2.75, 3.05) is 13.7 Å². The second kappa shape index (κ2) is 3.39. The quantitative estimate of drug-likeness (QED) is 0.615. The molecule has 2 aliphatic heterocycles. The fourth-order valence-corrected chi connectivity index (χ4v) is 2.57. The first-order valence-electron chi connectivity index (χ1n) is 4.91. The van der Waals surface area contributed by atoms with Crippen molar-refractivity contribution in [3.05, 3.63) is 0 Å². The number of hydrogen-bond donors (Lipinski definition) is 0. The van der Waals surface area contributed by atoms with E-state index in [1.807, 2.05) is 0 Å². The Bertz CT molecular complexity index is 204. The summed E-state index contributed by atoms with van der Waals surface area (Å²) in [5.41, 5.74) is -0.223. The van der Waals surface area contributed by atoms with Crippen LogP contribution in [0.3, 0.4) is 0 Å². The minimum absolute atomic E-state index is 0.171. The largest absolute Gasteiger partial charge is 0.385 e. The lowest BCUT2D eigenvalue weighted by Gasteiger charge is -2.29. The van der Waals surface area contributed by atoms with E-state index >= 15 is 0 Å². The van der Waals surface area contributed by atoms with Crippen LogP contribution in [0.25, 0.3) is 0 Å². The third-order valence-corrected chi connectivity index (χ3v) is 3.36. The lowest BCUT2D eigenvalue weighted by molar-refractivity contribution is -0.120. The Balaban J connectivity index is 2.03. The number of aldehydes is 1. The Kier molecular flexibility index (Phi) is 2.39. The molecular formula is C10H16O3. The van der Waals surface area contributed by atoms with Crippen molar-refractivity contribution in [3.8, 4) is 0 Å². The maximum Gasteiger partial charge on any atom is 0.128 e. The Hall–Kier alpha value is -0.410. The van der Waals surface area contributed by atoms with Gasteiger partial charge in [0.2, 0.25) is 0 Å². The summed E-state index contributed by atoms with van der Waals surface area (Å²) in [6, 6.07) is 0. The summed E-state index contributed by atoms with van der Waals surface area (Å²) in [6.45, 7) is 0.658. The number of fused-ring (bicyclic) bond motifs is 2. The summed E-state index contributed by atoms with van der Waals surface area (Å²) in [4.78, 5) is 11.1. The van der Waals surface area contributed by atoms with Gasteiger partial charge in [0, 0.05) is 13.7 Å². The van der Waals surface area contributed by atoms with Gasteiger partial charge in [-0.25, -0.2) is 0 Å². The number of carbonyl (C=O) groups excluding carboxylic acids is 1. The molecule has 3 nitrogen and oxygen atoms in total. The van der Waals surface area contributed by atoms with Crippen LogP contribution in [-0.2, 0) is 14.3 Å². The van der Waals surface area contributed by atoms with Crippen LogP contribution in [0.15, 0.2) is 0 Å². The minimum atomic E-state index is -0.223. The fraction of sp³-hybridized carbons (Fsp3) is 0.900. The van der Waals surface area contributed by atoms with Crippen molar-refractivity contribution >= 4 is 6.29 Å². The summed E-state index contributed by atoms with van der Waals surface area (Å²) < 4.78 is 10.7. The van der Waals surface area contributed by atoms with Crippen molar-refractivity contribution in [2.45, 2.75) is 37.9 Å². The Labute approximate surface area is 78.4 Å². The molecule has 0 aliphatic carbocycles. The molecule has 0 N–H and O–H groups in total. The van der Waals surface area contributed by atoms with Crippen molar-refractivity contribution in [1.29, 1.82) is 0 Å². The van der Waals surface area contributed by atoms with Crippen LogP contribution in [0.1, 0.15) is 25.7 Å². The fourth-order valence-electron chi connectivity index (χ4n) is 2.57. The summed E-state index contributed by atoms with van der Waals surface area (Å²) in [5.74, 6) is 0. The Morgan fingerprint density at radius 2 is 2.46 bits per heavy atom. The average molecular weight is 184 g/mol. The van der Waals surface area contributed by atoms with E-state index < -0.39 is 0 Å². The van der Waals surface area contributed by atoms with Gasteiger partial charge in [-0.3, -0.25) is 0 Å². The molecular weight excluding hydrogens is 168 g/mol. The molecule has 2 heterocycles. The predicted molar refractivity (Wildman–Crippen MR) is 47.5 cm³/mol. The van der Waals surface area contributed by atoms with Gasteiger partial charge in [-0.2, -0.15) is 0 Å². The normalized spacial score (nSPS) is 42.5. The molecule has 0 amide bonds. The van der Waals surface area contributed by atoms with Gasteiger partial charge in [-0.15, -0.1) is 0 Å². The van der Waals surface area contributed by atoms with Crippen LogP contribution in [0.4, 0.5) is 0 Å². The van der Waals surface area contributed by atoms with Gasteiger partial charge in [0.25, 0.3) is 0 Å². The highest BCUT2D eigenvalue weighted by atomic mass is 16.5. The van der Waals surface area contributed by atoms with Crippen molar-refractivity contribution in [3.63, 3.8) is 0 Å². The zero-order chi connectivity index (χ0) is 9.31. The standard InChI is InChI=1S/C10H16O3/c1-12-5-4-10(7-11)6-8-2-3-9(10)13-8/h7-9H,2-6H2,1H3. The monoisotopic (exact) mass is 184 g/mol. The van der Waals surface area contributed by atoms with Gasteiger partial charge in [0.1, 0.15) is 6.29 Å². The smallest absolute Gasteiger partial charge is 0.128 e. The molecule has 3 unspecified atom stereocenters. The van der Waals surface area contributed by atoms with Crippen LogP contribution in [0.5, 0.6) is 0 Å². The zero-order valence-corrected chi connectivity index (χ0v) is 7.99. The molecule has 0 spiro atoms. The van der Waals surface area contributed by atoms with Gasteiger partial charge in [-0.05, 0) is 25.7 Å². The van der Waals surface area contributed by atoms with E-state index in [9.17, 15) is 4.79 Å². The van der Waals surface area contributed by atoms with Gasteiger partial charge < -0.3 is 14.3 Å². The Morgan fingerprint density at radius 3 is 2.92 bits per heavy atom. The summed E-state index contributed by atoms with van der Waals surface area (Å²) in [6.07, 6.45) is 5.51. The molecule has 2 bridgehead atoms. The molecule has 0 saturated carbocycles. The van der Waals surface area contributed by atoms with E-state index in [0.717, 1.165) is 32.0 Å².